The molecule has 0 N–H and O–H groups in total. The van der Waals surface area contributed by atoms with Gasteiger partial charge in [-0.15, -0.1) is 0 Å². The fourth-order valence-corrected chi connectivity index (χ4v) is 2.38. The number of aromatic nitrogens is 1. The monoisotopic (exact) mass is 269 g/mol. The van der Waals surface area contributed by atoms with E-state index in [4.69, 9.17) is 0 Å². The third-order valence-corrected chi connectivity index (χ3v) is 3.48. The van der Waals surface area contributed by atoms with Crippen molar-refractivity contribution < 1.29 is 21.4 Å². The van der Waals surface area contributed by atoms with E-state index in [2.05, 4.69) is 10.6 Å². The van der Waals surface area contributed by atoms with Crippen LogP contribution in [0.25, 0.3) is 0 Å². The fourth-order valence-electron chi connectivity index (χ4n) is 1.44. The zero-order valence-corrected chi connectivity index (χ0v) is 11.0. The Morgan fingerprint density at radius 3 is 2.71 bits per heavy atom. The predicted octanol–water partition coefficient (Wildman–Crippen LogP) is -0.0535. The van der Waals surface area contributed by atoms with E-state index in [1.54, 1.807) is 23.9 Å². The van der Waals surface area contributed by atoms with Gasteiger partial charge in [-0.05, 0) is 23.8 Å². The second-order valence-electron chi connectivity index (χ2n) is 3.57. The number of hydrogen-bond acceptors (Lipinski definition) is 1. The molecular formula is C13H13ClFNS. The molecule has 0 bridgehead atoms. The molecule has 1 nitrogen and oxygen atoms in total. The van der Waals surface area contributed by atoms with E-state index in [-0.39, 0.29) is 18.2 Å². The second kappa shape index (κ2) is 6.62. The van der Waals surface area contributed by atoms with Gasteiger partial charge in [0, 0.05) is 17.9 Å². The van der Waals surface area contributed by atoms with Crippen molar-refractivity contribution in [1.82, 2.24) is 0 Å². The predicted molar refractivity (Wildman–Crippen MR) is 63.6 cm³/mol. The number of aryl methyl sites for hydroxylation is 1. The largest absolute Gasteiger partial charge is 1.00 e. The van der Waals surface area contributed by atoms with Gasteiger partial charge in [0.2, 0.25) is 5.03 Å². The van der Waals surface area contributed by atoms with E-state index in [0.717, 1.165) is 11.3 Å². The minimum atomic E-state index is -0.171. The van der Waals surface area contributed by atoms with Crippen molar-refractivity contribution in [2.24, 2.45) is 7.05 Å². The molecule has 0 aliphatic heterocycles. The molecule has 1 heterocycles. The third kappa shape index (κ3) is 4.02. The Morgan fingerprint density at radius 2 is 2.00 bits per heavy atom. The lowest BCUT2D eigenvalue weighted by atomic mass is 10.2. The van der Waals surface area contributed by atoms with Crippen LogP contribution in [0.1, 0.15) is 5.56 Å². The van der Waals surface area contributed by atoms with Gasteiger partial charge in [-0.2, -0.15) is 4.57 Å². The molecule has 2 rings (SSSR count). The number of benzene rings is 1. The number of halogens is 2. The molecule has 0 saturated carbocycles. The Kier molecular flexibility index (Phi) is 5.45. The first-order valence-corrected chi connectivity index (χ1v) is 6.06. The summed E-state index contributed by atoms with van der Waals surface area (Å²) in [5.74, 6) is 0.617. The van der Waals surface area contributed by atoms with Crippen molar-refractivity contribution in [2.45, 2.75) is 10.8 Å². The van der Waals surface area contributed by atoms with Gasteiger partial charge >= 0.3 is 0 Å². The van der Waals surface area contributed by atoms with Crippen molar-refractivity contribution in [3.05, 3.63) is 60.0 Å². The molecule has 90 valence electrons. The first-order chi connectivity index (χ1) is 7.75. The summed E-state index contributed by atoms with van der Waals surface area (Å²) < 4.78 is 15.0. The molecular weight excluding hydrogens is 257 g/mol. The summed E-state index contributed by atoms with van der Waals surface area (Å²) in [4.78, 5) is 0. The first kappa shape index (κ1) is 14.0. The Bertz CT molecular complexity index is 490. The van der Waals surface area contributed by atoms with Gasteiger partial charge in [0.05, 0.1) is 0 Å². The van der Waals surface area contributed by atoms with Gasteiger partial charge in [0.1, 0.15) is 12.9 Å². The van der Waals surface area contributed by atoms with E-state index in [0.29, 0.717) is 0 Å². The molecule has 0 aliphatic rings. The highest BCUT2D eigenvalue weighted by Crippen LogP contribution is 2.19. The number of nitrogens with zero attached hydrogens (tertiary/aromatic N) is 1. The summed E-state index contributed by atoms with van der Waals surface area (Å²) >= 11 is 1.71. The molecule has 0 spiro atoms. The van der Waals surface area contributed by atoms with Gasteiger partial charge in [0.25, 0.3) is 0 Å². The second-order valence-corrected chi connectivity index (χ2v) is 4.56. The van der Waals surface area contributed by atoms with Crippen molar-refractivity contribution in [3.63, 3.8) is 0 Å². The molecule has 0 atom stereocenters. The maximum Gasteiger partial charge on any atom is 0.240 e. The van der Waals surface area contributed by atoms with E-state index in [1.165, 1.54) is 11.1 Å². The zero-order chi connectivity index (χ0) is 11.4. The molecule has 0 saturated heterocycles. The molecule has 17 heavy (non-hydrogen) atoms. The van der Waals surface area contributed by atoms with Crippen LogP contribution in [0.3, 0.4) is 0 Å². The van der Waals surface area contributed by atoms with E-state index < -0.39 is 0 Å². The Balaban J connectivity index is 0.00000144. The Morgan fingerprint density at radius 1 is 1.18 bits per heavy atom. The van der Waals surface area contributed by atoms with Crippen LogP contribution in [0, 0.1) is 5.82 Å². The minimum absolute atomic E-state index is 0. The molecule has 0 unspecified atom stereocenters. The molecule has 1 aromatic heterocycles. The molecule has 0 fully saturated rings. The lowest BCUT2D eigenvalue weighted by Gasteiger charge is -2.00. The standard InChI is InChI=1S/C13H13FNS.ClH/c1-15-8-3-2-7-13(15)16-10-11-5-4-6-12(14)9-11;/h2-9H,10H2,1H3;1H/q+1;/p-1. The third-order valence-electron chi connectivity index (χ3n) is 2.28. The lowest BCUT2D eigenvalue weighted by molar-refractivity contribution is -0.708. The average Bonchev–Trinajstić information content (AvgIpc) is 2.28. The Hall–Kier alpha value is -1.06. The topological polar surface area (TPSA) is 3.88 Å². The molecule has 4 heteroatoms. The highest BCUT2D eigenvalue weighted by Gasteiger charge is 2.05. The number of rotatable bonds is 3. The summed E-state index contributed by atoms with van der Waals surface area (Å²) in [6, 6.07) is 12.8. The zero-order valence-electron chi connectivity index (χ0n) is 9.44. The first-order valence-electron chi connectivity index (χ1n) is 5.07. The van der Waals surface area contributed by atoms with Crippen molar-refractivity contribution >= 4 is 11.8 Å². The van der Waals surface area contributed by atoms with Gasteiger partial charge in [0.15, 0.2) is 6.20 Å². The summed E-state index contributed by atoms with van der Waals surface area (Å²) in [6.45, 7) is 0. The smallest absolute Gasteiger partial charge is 0.240 e. The van der Waals surface area contributed by atoms with Gasteiger partial charge in [-0.1, -0.05) is 23.9 Å². The van der Waals surface area contributed by atoms with Gasteiger partial charge in [-0.25, -0.2) is 4.39 Å². The highest BCUT2D eigenvalue weighted by molar-refractivity contribution is 7.98. The maximum absolute atomic E-state index is 13.0. The van der Waals surface area contributed by atoms with Crippen LogP contribution in [-0.4, -0.2) is 0 Å². The van der Waals surface area contributed by atoms with Crippen LogP contribution < -0.4 is 17.0 Å². The number of thioether (sulfide) groups is 1. The van der Waals surface area contributed by atoms with Gasteiger partial charge in [-0.3, -0.25) is 0 Å². The highest BCUT2D eigenvalue weighted by atomic mass is 35.5. The quantitative estimate of drug-likeness (QED) is 0.558. The minimum Gasteiger partial charge on any atom is -1.00 e. The number of hydrogen-bond donors (Lipinski definition) is 0. The van der Waals surface area contributed by atoms with E-state index >= 15 is 0 Å². The molecule has 0 amide bonds. The van der Waals surface area contributed by atoms with Crippen LogP contribution in [0.2, 0.25) is 0 Å². The SMILES string of the molecule is C[n+]1ccccc1SCc1cccc(F)c1.[Cl-]. The van der Waals surface area contributed by atoms with Crippen molar-refractivity contribution in [1.29, 1.82) is 0 Å². The van der Waals surface area contributed by atoms with Gasteiger partial charge < -0.3 is 12.4 Å². The number of pyridine rings is 1. The molecule has 2 aromatic rings. The molecule has 1 aromatic carbocycles. The van der Waals surface area contributed by atoms with Crippen LogP contribution in [0.4, 0.5) is 4.39 Å². The fraction of sp³-hybridized carbons (Fsp3) is 0.154. The Labute approximate surface area is 111 Å². The van der Waals surface area contributed by atoms with Crippen molar-refractivity contribution in [3.8, 4) is 0 Å². The van der Waals surface area contributed by atoms with Crippen molar-refractivity contribution in [2.75, 3.05) is 0 Å². The van der Waals surface area contributed by atoms with Crippen LogP contribution >= 0.6 is 11.8 Å². The van der Waals surface area contributed by atoms with Crippen LogP contribution in [0.15, 0.2) is 53.7 Å². The summed E-state index contributed by atoms with van der Waals surface area (Å²) in [5.41, 5.74) is 1.01. The molecule has 0 radical (unpaired) electrons. The van der Waals surface area contributed by atoms with Crippen LogP contribution in [0.5, 0.6) is 0 Å². The molecule has 0 aliphatic carbocycles. The van der Waals surface area contributed by atoms with Crippen LogP contribution in [-0.2, 0) is 12.8 Å². The normalized spacial score (nSPS) is 9.76. The lowest BCUT2D eigenvalue weighted by Crippen LogP contribution is -3.00. The van der Waals surface area contributed by atoms with E-state index in [9.17, 15) is 4.39 Å². The van der Waals surface area contributed by atoms with E-state index in [1.807, 2.05) is 31.4 Å². The maximum atomic E-state index is 13.0. The summed E-state index contributed by atoms with van der Waals surface area (Å²) in [7, 11) is 2.01. The summed E-state index contributed by atoms with van der Waals surface area (Å²) in [5, 5.41) is 1.17. The summed E-state index contributed by atoms with van der Waals surface area (Å²) in [6.07, 6.45) is 2.01. The average molecular weight is 270 g/mol.